The number of nitrogens with zero attached hydrogens (tertiary/aromatic N) is 4. The fourth-order valence-corrected chi connectivity index (χ4v) is 1.40. The van der Waals surface area contributed by atoms with Crippen LogP contribution in [0.5, 0.6) is 0 Å². The van der Waals surface area contributed by atoms with Gasteiger partial charge in [0.15, 0.2) is 0 Å². The van der Waals surface area contributed by atoms with Gasteiger partial charge in [-0.25, -0.2) is 4.98 Å². The fourth-order valence-electron chi connectivity index (χ4n) is 1.40. The van der Waals surface area contributed by atoms with Gasteiger partial charge in [-0.3, -0.25) is 0 Å². The van der Waals surface area contributed by atoms with Gasteiger partial charge >= 0.3 is 0 Å². The third kappa shape index (κ3) is 3.09. The number of hydrogen-bond acceptors (Lipinski definition) is 5. The SMILES string of the molecule is CCN(CC(C)C#N)c1ccnc(NC)n1. The topological polar surface area (TPSA) is 64.8 Å². The average Bonchev–Trinajstić information content (AvgIpc) is 2.35. The summed E-state index contributed by atoms with van der Waals surface area (Å²) in [5.41, 5.74) is 0. The summed E-state index contributed by atoms with van der Waals surface area (Å²) in [6, 6.07) is 4.08. The van der Waals surface area contributed by atoms with Gasteiger partial charge in [0.2, 0.25) is 5.95 Å². The van der Waals surface area contributed by atoms with Crippen LogP contribution in [0.1, 0.15) is 13.8 Å². The van der Waals surface area contributed by atoms with E-state index in [1.165, 1.54) is 0 Å². The standard InChI is InChI=1S/C11H17N5/c1-4-16(8-9(2)7-12)10-5-6-14-11(13-3)15-10/h5-6,9H,4,8H2,1-3H3,(H,13,14,15). The Hall–Kier alpha value is -1.83. The summed E-state index contributed by atoms with van der Waals surface area (Å²) in [7, 11) is 1.79. The van der Waals surface area contributed by atoms with E-state index in [9.17, 15) is 0 Å². The molecule has 0 aliphatic rings. The lowest BCUT2D eigenvalue weighted by molar-refractivity contribution is 0.679. The van der Waals surface area contributed by atoms with Crippen molar-refractivity contribution in [3.8, 4) is 6.07 Å². The molecule has 1 rings (SSSR count). The maximum absolute atomic E-state index is 8.81. The first-order chi connectivity index (χ1) is 7.71. The molecule has 0 saturated heterocycles. The highest BCUT2D eigenvalue weighted by atomic mass is 15.2. The Bertz CT molecular complexity index is 371. The van der Waals surface area contributed by atoms with Gasteiger partial charge in [0.25, 0.3) is 0 Å². The molecule has 5 nitrogen and oxygen atoms in total. The zero-order chi connectivity index (χ0) is 12.0. The van der Waals surface area contributed by atoms with Crippen molar-refractivity contribution < 1.29 is 0 Å². The second-order valence-electron chi connectivity index (χ2n) is 3.56. The molecule has 1 aromatic heterocycles. The first kappa shape index (κ1) is 12.2. The molecule has 0 radical (unpaired) electrons. The van der Waals surface area contributed by atoms with Crippen molar-refractivity contribution in [3.63, 3.8) is 0 Å². The van der Waals surface area contributed by atoms with Gasteiger partial charge in [0.1, 0.15) is 5.82 Å². The van der Waals surface area contributed by atoms with Crippen LogP contribution >= 0.6 is 0 Å². The lowest BCUT2D eigenvalue weighted by Gasteiger charge is -2.23. The summed E-state index contributed by atoms with van der Waals surface area (Å²) in [5.74, 6) is 1.44. The van der Waals surface area contributed by atoms with Crippen molar-refractivity contribution in [1.82, 2.24) is 9.97 Å². The van der Waals surface area contributed by atoms with Gasteiger partial charge in [-0.2, -0.15) is 10.2 Å². The molecular weight excluding hydrogens is 202 g/mol. The summed E-state index contributed by atoms with van der Waals surface area (Å²) in [6.45, 7) is 5.47. The third-order valence-electron chi connectivity index (χ3n) is 2.28. The molecule has 0 saturated carbocycles. The van der Waals surface area contributed by atoms with Gasteiger partial charge in [-0.1, -0.05) is 0 Å². The number of nitrogens with one attached hydrogen (secondary N) is 1. The van der Waals surface area contributed by atoms with Gasteiger partial charge in [0, 0.05) is 26.3 Å². The van der Waals surface area contributed by atoms with E-state index in [0.29, 0.717) is 12.5 Å². The van der Waals surface area contributed by atoms with E-state index in [4.69, 9.17) is 5.26 Å². The monoisotopic (exact) mass is 219 g/mol. The van der Waals surface area contributed by atoms with E-state index in [0.717, 1.165) is 12.4 Å². The molecule has 1 N–H and O–H groups in total. The molecule has 1 unspecified atom stereocenters. The number of rotatable bonds is 5. The van der Waals surface area contributed by atoms with Gasteiger partial charge < -0.3 is 10.2 Å². The Labute approximate surface area is 96.1 Å². The molecular formula is C11H17N5. The number of aromatic nitrogens is 2. The molecule has 1 atom stereocenters. The highest BCUT2D eigenvalue weighted by molar-refractivity contribution is 5.42. The lowest BCUT2D eigenvalue weighted by Crippen LogP contribution is -2.28. The Morgan fingerprint density at radius 2 is 2.38 bits per heavy atom. The van der Waals surface area contributed by atoms with E-state index < -0.39 is 0 Å². The summed E-state index contributed by atoms with van der Waals surface area (Å²) in [5, 5.41) is 11.7. The van der Waals surface area contributed by atoms with Gasteiger partial charge in [0.05, 0.1) is 12.0 Å². The third-order valence-corrected chi connectivity index (χ3v) is 2.28. The fraction of sp³-hybridized carbons (Fsp3) is 0.545. The van der Waals surface area contributed by atoms with E-state index in [-0.39, 0.29) is 5.92 Å². The van der Waals surface area contributed by atoms with Crippen LogP contribution in [0.4, 0.5) is 11.8 Å². The largest absolute Gasteiger partial charge is 0.357 e. The molecule has 1 heterocycles. The minimum Gasteiger partial charge on any atom is -0.357 e. The number of anilines is 2. The quantitative estimate of drug-likeness (QED) is 0.813. The zero-order valence-electron chi connectivity index (χ0n) is 9.94. The maximum atomic E-state index is 8.81. The van der Waals surface area contributed by atoms with Crippen molar-refractivity contribution in [2.45, 2.75) is 13.8 Å². The smallest absolute Gasteiger partial charge is 0.224 e. The van der Waals surface area contributed by atoms with Crippen LogP contribution in [0, 0.1) is 17.2 Å². The molecule has 0 spiro atoms. The van der Waals surface area contributed by atoms with Crippen LogP contribution in [0.15, 0.2) is 12.3 Å². The van der Waals surface area contributed by atoms with E-state index >= 15 is 0 Å². The summed E-state index contributed by atoms with van der Waals surface area (Å²) in [4.78, 5) is 10.5. The summed E-state index contributed by atoms with van der Waals surface area (Å²) >= 11 is 0. The van der Waals surface area contributed by atoms with E-state index in [1.807, 2.05) is 19.9 Å². The van der Waals surface area contributed by atoms with E-state index in [1.54, 1.807) is 13.2 Å². The van der Waals surface area contributed by atoms with Crippen molar-refractivity contribution >= 4 is 11.8 Å². The molecule has 0 bridgehead atoms. The van der Waals surface area contributed by atoms with Crippen LogP contribution in [0.3, 0.4) is 0 Å². The minimum absolute atomic E-state index is 0.00653. The van der Waals surface area contributed by atoms with Gasteiger partial charge in [-0.05, 0) is 19.9 Å². The minimum atomic E-state index is -0.00653. The Morgan fingerprint density at radius 1 is 1.62 bits per heavy atom. The highest BCUT2D eigenvalue weighted by Crippen LogP contribution is 2.13. The normalized spacial score (nSPS) is 11.6. The van der Waals surface area contributed by atoms with Crippen LogP contribution < -0.4 is 10.2 Å². The van der Waals surface area contributed by atoms with Crippen LogP contribution in [0.25, 0.3) is 0 Å². The molecule has 5 heteroatoms. The average molecular weight is 219 g/mol. The van der Waals surface area contributed by atoms with Crippen molar-refractivity contribution in [2.75, 3.05) is 30.4 Å². The Morgan fingerprint density at radius 3 is 2.94 bits per heavy atom. The molecule has 0 aliphatic heterocycles. The van der Waals surface area contributed by atoms with Crippen LogP contribution in [-0.4, -0.2) is 30.1 Å². The molecule has 0 fully saturated rings. The zero-order valence-corrected chi connectivity index (χ0v) is 9.94. The molecule has 0 aliphatic carbocycles. The predicted molar refractivity (Wildman–Crippen MR) is 64.2 cm³/mol. The first-order valence-electron chi connectivity index (χ1n) is 5.36. The Kier molecular flexibility index (Phi) is 4.52. The van der Waals surface area contributed by atoms with Crippen LogP contribution in [0.2, 0.25) is 0 Å². The maximum Gasteiger partial charge on any atom is 0.224 e. The lowest BCUT2D eigenvalue weighted by atomic mass is 10.2. The van der Waals surface area contributed by atoms with Gasteiger partial charge in [-0.15, -0.1) is 0 Å². The second kappa shape index (κ2) is 5.91. The molecule has 86 valence electrons. The molecule has 16 heavy (non-hydrogen) atoms. The van der Waals surface area contributed by atoms with Crippen molar-refractivity contribution in [3.05, 3.63) is 12.3 Å². The van der Waals surface area contributed by atoms with Crippen molar-refractivity contribution in [1.29, 1.82) is 5.26 Å². The van der Waals surface area contributed by atoms with Crippen LogP contribution in [-0.2, 0) is 0 Å². The number of hydrogen-bond donors (Lipinski definition) is 1. The first-order valence-corrected chi connectivity index (χ1v) is 5.36. The molecule has 0 amide bonds. The predicted octanol–water partition coefficient (Wildman–Crippen LogP) is 1.50. The Balaban J connectivity index is 2.82. The molecule has 0 aromatic carbocycles. The number of nitriles is 1. The molecule has 1 aromatic rings. The summed E-state index contributed by atoms with van der Waals surface area (Å²) in [6.07, 6.45) is 1.72. The highest BCUT2D eigenvalue weighted by Gasteiger charge is 2.10. The summed E-state index contributed by atoms with van der Waals surface area (Å²) < 4.78 is 0. The van der Waals surface area contributed by atoms with Crippen molar-refractivity contribution in [2.24, 2.45) is 5.92 Å². The second-order valence-corrected chi connectivity index (χ2v) is 3.56. The van der Waals surface area contributed by atoms with E-state index in [2.05, 4.69) is 26.3 Å².